The standard InChI is InChI=1S/C18H34N4O2/c1-6-18(23,7-2)13-19-12-15-16(14(3)4)20-21(5)17(15)22-8-10-24-11-9-22/h14,19,23H,6-13H2,1-5H3. The summed E-state index contributed by atoms with van der Waals surface area (Å²) in [5.41, 5.74) is 1.77. The van der Waals surface area contributed by atoms with Gasteiger partial charge in [-0.3, -0.25) is 4.68 Å². The predicted octanol–water partition coefficient (Wildman–Crippen LogP) is 2.02. The number of morpholine rings is 1. The Hall–Kier alpha value is -1.11. The molecule has 0 unspecified atom stereocenters. The minimum absolute atomic E-state index is 0.374. The lowest BCUT2D eigenvalue weighted by Gasteiger charge is -2.30. The smallest absolute Gasteiger partial charge is 0.131 e. The fourth-order valence-electron chi connectivity index (χ4n) is 3.30. The van der Waals surface area contributed by atoms with Crippen LogP contribution >= 0.6 is 0 Å². The number of rotatable bonds is 8. The van der Waals surface area contributed by atoms with Crippen LogP contribution in [-0.4, -0.2) is 53.3 Å². The van der Waals surface area contributed by atoms with Gasteiger partial charge < -0.3 is 20.1 Å². The summed E-state index contributed by atoms with van der Waals surface area (Å²) in [4.78, 5) is 2.37. The number of hydrogen-bond acceptors (Lipinski definition) is 5. The molecule has 2 rings (SSSR count). The lowest BCUT2D eigenvalue weighted by Crippen LogP contribution is -2.40. The average molecular weight is 338 g/mol. The predicted molar refractivity (Wildman–Crippen MR) is 97.6 cm³/mol. The monoisotopic (exact) mass is 338 g/mol. The Labute approximate surface area is 146 Å². The van der Waals surface area contributed by atoms with Gasteiger partial charge in [0, 0.05) is 38.8 Å². The fourth-order valence-corrected chi connectivity index (χ4v) is 3.30. The molecule has 1 aliphatic rings. The van der Waals surface area contributed by atoms with Crippen molar-refractivity contribution in [1.82, 2.24) is 15.1 Å². The minimum atomic E-state index is -0.626. The fraction of sp³-hybridized carbons (Fsp3) is 0.833. The Morgan fingerprint density at radius 3 is 2.42 bits per heavy atom. The molecule has 0 aromatic carbocycles. The maximum absolute atomic E-state index is 10.5. The van der Waals surface area contributed by atoms with E-state index in [-0.39, 0.29) is 0 Å². The molecule has 6 heteroatoms. The van der Waals surface area contributed by atoms with E-state index in [9.17, 15) is 5.11 Å². The highest BCUT2D eigenvalue weighted by atomic mass is 16.5. The van der Waals surface area contributed by atoms with Crippen LogP contribution in [0, 0.1) is 0 Å². The van der Waals surface area contributed by atoms with Gasteiger partial charge in [0.15, 0.2) is 0 Å². The van der Waals surface area contributed by atoms with Gasteiger partial charge in [-0.25, -0.2) is 0 Å². The van der Waals surface area contributed by atoms with Crippen molar-refractivity contribution in [3.05, 3.63) is 11.3 Å². The van der Waals surface area contributed by atoms with E-state index in [0.29, 0.717) is 12.5 Å². The number of nitrogens with one attached hydrogen (secondary N) is 1. The molecule has 6 nitrogen and oxygen atoms in total. The normalized spacial score (nSPS) is 16.2. The van der Waals surface area contributed by atoms with Crippen molar-refractivity contribution in [2.75, 3.05) is 37.7 Å². The lowest BCUT2D eigenvalue weighted by molar-refractivity contribution is 0.0323. The number of ether oxygens (including phenoxy) is 1. The van der Waals surface area contributed by atoms with Crippen LogP contribution in [0.4, 0.5) is 5.82 Å². The topological polar surface area (TPSA) is 62.5 Å². The third kappa shape index (κ3) is 4.29. The van der Waals surface area contributed by atoms with Gasteiger partial charge in [-0.1, -0.05) is 27.7 Å². The third-order valence-electron chi connectivity index (χ3n) is 5.07. The van der Waals surface area contributed by atoms with Gasteiger partial charge in [0.1, 0.15) is 5.82 Å². The first-order valence-electron chi connectivity index (χ1n) is 9.23. The van der Waals surface area contributed by atoms with E-state index in [1.807, 2.05) is 25.6 Å². The van der Waals surface area contributed by atoms with Crippen molar-refractivity contribution in [2.45, 2.75) is 58.6 Å². The highest BCUT2D eigenvalue weighted by Gasteiger charge is 2.26. The second kappa shape index (κ2) is 8.32. The Morgan fingerprint density at radius 2 is 1.88 bits per heavy atom. The summed E-state index contributed by atoms with van der Waals surface area (Å²) in [6.45, 7) is 13.1. The molecular formula is C18H34N4O2. The van der Waals surface area contributed by atoms with Gasteiger partial charge in [-0.15, -0.1) is 0 Å². The highest BCUT2D eigenvalue weighted by Crippen LogP contribution is 2.29. The maximum atomic E-state index is 10.5. The molecule has 0 spiro atoms. The molecule has 1 aromatic rings. The molecule has 24 heavy (non-hydrogen) atoms. The molecule has 1 saturated heterocycles. The summed E-state index contributed by atoms with van der Waals surface area (Å²) in [5.74, 6) is 1.56. The molecule has 0 amide bonds. The van der Waals surface area contributed by atoms with Crippen LogP contribution in [-0.2, 0) is 18.3 Å². The lowest BCUT2D eigenvalue weighted by atomic mass is 9.97. The largest absolute Gasteiger partial charge is 0.389 e. The second-order valence-electron chi connectivity index (χ2n) is 7.10. The number of hydrogen-bond donors (Lipinski definition) is 2. The zero-order valence-corrected chi connectivity index (χ0v) is 15.9. The summed E-state index contributed by atoms with van der Waals surface area (Å²) >= 11 is 0. The third-order valence-corrected chi connectivity index (χ3v) is 5.07. The van der Waals surface area contributed by atoms with Crippen molar-refractivity contribution in [1.29, 1.82) is 0 Å². The van der Waals surface area contributed by atoms with Crippen LogP contribution in [0.5, 0.6) is 0 Å². The van der Waals surface area contributed by atoms with E-state index in [2.05, 4.69) is 24.1 Å². The van der Waals surface area contributed by atoms with Gasteiger partial charge in [0.05, 0.1) is 24.5 Å². The van der Waals surface area contributed by atoms with Crippen molar-refractivity contribution < 1.29 is 9.84 Å². The zero-order chi connectivity index (χ0) is 17.7. The van der Waals surface area contributed by atoms with Gasteiger partial charge >= 0.3 is 0 Å². The molecule has 2 N–H and O–H groups in total. The Balaban J connectivity index is 2.19. The van der Waals surface area contributed by atoms with Crippen LogP contribution in [0.1, 0.15) is 57.7 Å². The molecule has 138 valence electrons. The van der Waals surface area contributed by atoms with Crippen molar-refractivity contribution in [2.24, 2.45) is 7.05 Å². The van der Waals surface area contributed by atoms with Crippen molar-refractivity contribution in [3.8, 4) is 0 Å². The molecule has 0 atom stereocenters. The average Bonchev–Trinajstić information content (AvgIpc) is 2.92. The summed E-state index contributed by atoms with van der Waals surface area (Å²) in [5, 5.41) is 18.7. The molecule has 0 radical (unpaired) electrons. The summed E-state index contributed by atoms with van der Waals surface area (Å²) in [7, 11) is 2.02. The van der Waals surface area contributed by atoms with Gasteiger partial charge in [-0.05, 0) is 18.8 Å². The molecule has 2 heterocycles. The SMILES string of the molecule is CCC(O)(CC)CNCc1c(C(C)C)nn(C)c1N1CCOCC1. The van der Waals surface area contributed by atoms with E-state index in [4.69, 9.17) is 9.84 Å². The van der Waals surface area contributed by atoms with Gasteiger partial charge in [0.2, 0.25) is 0 Å². The van der Waals surface area contributed by atoms with Crippen molar-refractivity contribution in [3.63, 3.8) is 0 Å². The summed E-state index contributed by atoms with van der Waals surface area (Å²) < 4.78 is 7.49. The molecule has 0 aliphatic carbocycles. The zero-order valence-electron chi connectivity index (χ0n) is 15.9. The molecule has 1 fully saturated rings. The van der Waals surface area contributed by atoms with Crippen LogP contribution in [0.2, 0.25) is 0 Å². The van der Waals surface area contributed by atoms with E-state index in [1.54, 1.807) is 0 Å². The number of nitrogens with zero attached hydrogens (tertiary/aromatic N) is 3. The molecule has 0 saturated carbocycles. The minimum Gasteiger partial charge on any atom is -0.389 e. The van der Waals surface area contributed by atoms with Crippen LogP contribution in [0.3, 0.4) is 0 Å². The van der Waals surface area contributed by atoms with E-state index >= 15 is 0 Å². The number of anilines is 1. The molecule has 1 aliphatic heterocycles. The van der Waals surface area contributed by atoms with Gasteiger partial charge in [-0.2, -0.15) is 5.10 Å². The Kier molecular flexibility index (Phi) is 6.66. The number of aryl methyl sites for hydroxylation is 1. The quantitative estimate of drug-likeness (QED) is 0.759. The van der Waals surface area contributed by atoms with Crippen LogP contribution < -0.4 is 10.2 Å². The summed E-state index contributed by atoms with van der Waals surface area (Å²) in [6, 6.07) is 0. The molecule has 0 bridgehead atoms. The number of aromatic nitrogens is 2. The second-order valence-corrected chi connectivity index (χ2v) is 7.10. The molecular weight excluding hydrogens is 304 g/mol. The Morgan fingerprint density at radius 1 is 1.25 bits per heavy atom. The molecule has 1 aromatic heterocycles. The van der Waals surface area contributed by atoms with E-state index < -0.39 is 5.60 Å². The first-order valence-corrected chi connectivity index (χ1v) is 9.23. The first-order chi connectivity index (χ1) is 11.4. The maximum Gasteiger partial charge on any atom is 0.131 e. The van der Waals surface area contributed by atoms with E-state index in [0.717, 1.165) is 51.4 Å². The number of aliphatic hydroxyl groups is 1. The van der Waals surface area contributed by atoms with Crippen LogP contribution in [0.15, 0.2) is 0 Å². The van der Waals surface area contributed by atoms with Gasteiger partial charge in [0.25, 0.3) is 0 Å². The highest BCUT2D eigenvalue weighted by molar-refractivity contribution is 5.51. The van der Waals surface area contributed by atoms with E-state index in [1.165, 1.54) is 11.4 Å². The summed E-state index contributed by atoms with van der Waals surface area (Å²) in [6.07, 6.45) is 1.52. The Bertz CT molecular complexity index is 517. The first kappa shape index (κ1) is 19.2. The van der Waals surface area contributed by atoms with Crippen molar-refractivity contribution >= 4 is 5.82 Å². The van der Waals surface area contributed by atoms with Crippen LogP contribution in [0.25, 0.3) is 0 Å².